The summed E-state index contributed by atoms with van der Waals surface area (Å²) < 4.78 is 5.15. The molecule has 5 nitrogen and oxygen atoms in total. The van der Waals surface area contributed by atoms with E-state index in [1.807, 2.05) is 12.1 Å². The summed E-state index contributed by atoms with van der Waals surface area (Å²) in [5, 5.41) is 17.4. The van der Waals surface area contributed by atoms with Gasteiger partial charge in [0.05, 0.1) is 13.2 Å². The van der Waals surface area contributed by atoms with Crippen LogP contribution in [-0.2, 0) is 0 Å². The third-order valence-corrected chi connectivity index (χ3v) is 3.66. The molecule has 0 bridgehead atoms. The molecular weight excluding hydrogens is 230 g/mol. The molecule has 2 heterocycles. The summed E-state index contributed by atoms with van der Waals surface area (Å²) in [6, 6.07) is 5.63. The molecular formula is C13H17N3O2. The minimum Gasteiger partial charge on any atom is -0.504 e. The summed E-state index contributed by atoms with van der Waals surface area (Å²) in [6.07, 6.45) is 1.00. The molecule has 3 rings (SSSR count). The normalized spacial score (nSPS) is 26.2. The molecule has 0 aromatic heterocycles. The number of hydrogen-bond donors (Lipinski definition) is 3. The predicted molar refractivity (Wildman–Crippen MR) is 68.9 cm³/mol. The monoisotopic (exact) mass is 247 g/mol. The van der Waals surface area contributed by atoms with Gasteiger partial charge in [0.25, 0.3) is 0 Å². The zero-order valence-corrected chi connectivity index (χ0v) is 10.3. The van der Waals surface area contributed by atoms with Crippen molar-refractivity contribution in [2.75, 3.05) is 20.2 Å². The Morgan fingerprint density at radius 1 is 1.44 bits per heavy atom. The molecule has 1 aromatic rings. The Bertz CT molecular complexity index is 487. The van der Waals surface area contributed by atoms with Gasteiger partial charge in [-0.2, -0.15) is 5.10 Å². The molecule has 0 amide bonds. The van der Waals surface area contributed by atoms with E-state index in [1.165, 1.54) is 5.71 Å². The fraction of sp³-hybridized carbons (Fsp3) is 0.462. The lowest BCUT2D eigenvalue weighted by molar-refractivity contribution is 0.371. The molecule has 0 spiro atoms. The molecule has 0 saturated carbocycles. The quantitative estimate of drug-likeness (QED) is 0.729. The molecule has 2 atom stereocenters. The fourth-order valence-corrected chi connectivity index (χ4v) is 2.66. The molecule has 2 unspecified atom stereocenters. The average molecular weight is 247 g/mol. The van der Waals surface area contributed by atoms with Crippen molar-refractivity contribution in [3.8, 4) is 11.5 Å². The molecule has 2 aliphatic rings. The van der Waals surface area contributed by atoms with E-state index in [0.717, 1.165) is 25.1 Å². The molecule has 96 valence electrons. The van der Waals surface area contributed by atoms with Crippen molar-refractivity contribution in [3.63, 3.8) is 0 Å². The van der Waals surface area contributed by atoms with Crippen molar-refractivity contribution < 1.29 is 9.84 Å². The number of aromatic hydroxyl groups is 1. The Balaban J connectivity index is 1.87. The number of benzene rings is 1. The lowest BCUT2D eigenvalue weighted by atomic mass is 9.87. The van der Waals surface area contributed by atoms with Crippen LogP contribution in [0.2, 0.25) is 0 Å². The highest BCUT2D eigenvalue weighted by Crippen LogP contribution is 2.34. The number of nitrogens with zero attached hydrogens (tertiary/aromatic N) is 1. The molecule has 1 saturated heterocycles. The molecule has 3 N–H and O–H groups in total. The van der Waals surface area contributed by atoms with Gasteiger partial charge in [-0.3, -0.25) is 0 Å². The summed E-state index contributed by atoms with van der Waals surface area (Å²) >= 11 is 0. The minimum atomic E-state index is 0.169. The van der Waals surface area contributed by atoms with Gasteiger partial charge in [-0.1, -0.05) is 6.07 Å². The number of methoxy groups -OCH3 is 1. The van der Waals surface area contributed by atoms with Gasteiger partial charge in [0.2, 0.25) is 0 Å². The number of phenols is 1. The van der Waals surface area contributed by atoms with Crippen molar-refractivity contribution in [3.05, 3.63) is 23.8 Å². The lowest BCUT2D eigenvalue weighted by Crippen LogP contribution is -2.38. The number of fused-ring (bicyclic) bond motifs is 1. The molecule has 0 aliphatic carbocycles. The predicted octanol–water partition coefficient (Wildman–Crippen LogP) is 1.01. The van der Waals surface area contributed by atoms with E-state index in [9.17, 15) is 5.11 Å². The van der Waals surface area contributed by atoms with Crippen LogP contribution < -0.4 is 15.5 Å². The summed E-state index contributed by atoms with van der Waals surface area (Å²) in [6.45, 7) is 1.95. The molecule has 1 aromatic carbocycles. The maximum atomic E-state index is 9.62. The summed E-state index contributed by atoms with van der Waals surface area (Å²) in [7, 11) is 1.56. The largest absolute Gasteiger partial charge is 0.504 e. The third kappa shape index (κ3) is 1.80. The van der Waals surface area contributed by atoms with E-state index in [4.69, 9.17) is 4.74 Å². The van der Waals surface area contributed by atoms with Crippen molar-refractivity contribution in [1.82, 2.24) is 10.7 Å². The van der Waals surface area contributed by atoms with Gasteiger partial charge >= 0.3 is 0 Å². The summed E-state index contributed by atoms with van der Waals surface area (Å²) in [5.41, 5.74) is 5.53. The summed E-state index contributed by atoms with van der Waals surface area (Å²) in [4.78, 5) is 0. The maximum absolute atomic E-state index is 9.62. The van der Waals surface area contributed by atoms with Crippen LogP contribution in [0.3, 0.4) is 0 Å². The van der Waals surface area contributed by atoms with Crippen LogP contribution in [-0.4, -0.2) is 31.0 Å². The average Bonchev–Trinajstić information content (AvgIpc) is 2.83. The Kier molecular flexibility index (Phi) is 2.83. The number of hydrazone groups is 1. The van der Waals surface area contributed by atoms with E-state index in [1.54, 1.807) is 13.2 Å². The number of nitrogens with one attached hydrogen (secondary N) is 2. The van der Waals surface area contributed by atoms with Crippen LogP contribution in [0.15, 0.2) is 23.3 Å². The van der Waals surface area contributed by atoms with E-state index >= 15 is 0 Å². The molecule has 1 fully saturated rings. The zero-order chi connectivity index (χ0) is 12.5. The van der Waals surface area contributed by atoms with Crippen molar-refractivity contribution in [1.29, 1.82) is 0 Å². The molecule has 18 heavy (non-hydrogen) atoms. The second kappa shape index (κ2) is 4.49. The van der Waals surface area contributed by atoms with E-state index in [0.29, 0.717) is 11.7 Å². The highest BCUT2D eigenvalue weighted by Gasteiger charge is 2.34. The summed E-state index contributed by atoms with van der Waals surface area (Å²) in [5.74, 6) is 1.07. The number of ether oxygens (including phenoxy) is 1. The first-order chi connectivity index (χ1) is 8.79. The second-order valence-corrected chi connectivity index (χ2v) is 4.70. The first-order valence-corrected chi connectivity index (χ1v) is 6.19. The van der Waals surface area contributed by atoms with Gasteiger partial charge in [-0.25, -0.2) is 0 Å². The van der Waals surface area contributed by atoms with Gasteiger partial charge in [0, 0.05) is 31.1 Å². The van der Waals surface area contributed by atoms with Crippen LogP contribution in [0.1, 0.15) is 18.0 Å². The van der Waals surface area contributed by atoms with Crippen LogP contribution in [0.4, 0.5) is 0 Å². The highest BCUT2D eigenvalue weighted by molar-refractivity contribution is 5.89. The molecule has 0 radical (unpaired) electrons. The lowest BCUT2D eigenvalue weighted by Gasteiger charge is -2.25. The van der Waals surface area contributed by atoms with Gasteiger partial charge in [-0.05, 0) is 17.7 Å². The van der Waals surface area contributed by atoms with Crippen LogP contribution >= 0.6 is 0 Å². The highest BCUT2D eigenvalue weighted by atomic mass is 16.5. The SMILES string of the molecule is COc1cc(C2NN=C3CCNCC32)ccc1O. The number of rotatable bonds is 2. The van der Waals surface area contributed by atoms with E-state index < -0.39 is 0 Å². The van der Waals surface area contributed by atoms with Crippen LogP contribution in [0.25, 0.3) is 0 Å². The Labute approximate surface area is 106 Å². The van der Waals surface area contributed by atoms with Gasteiger partial charge in [-0.15, -0.1) is 0 Å². The minimum absolute atomic E-state index is 0.169. The standard InChI is InChI=1S/C13H17N3O2/c1-18-12-6-8(2-3-11(12)17)13-9-7-14-5-4-10(9)15-16-13/h2-3,6,9,13-14,16-17H,4-5,7H2,1H3. The van der Waals surface area contributed by atoms with Crippen LogP contribution in [0, 0.1) is 5.92 Å². The van der Waals surface area contributed by atoms with Crippen LogP contribution in [0.5, 0.6) is 11.5 Å². The zero-order valence-electron chi connectivity index (χ0n) is 10.3. The molecule has 5 heteroatoms. The second-order valence-electron chi connectivity index (χ2n) is 4.70. The molecule has 2 aliphatic heterocycles. The van der Waals surface area contributed by atoms with Gasteiger partial charge in [0.1, 0.15) is 0 Å². The van der Waals surface area contributed by atoms with Gasteiger partial charge < -0.3 is 20.6 Å². The topological polar surface area (TPSA) is 65.9 Å². The third-order valence-electron chi connectivity index (χ3n) is 3.66. The fourth-order valence-electron chi connectivity index (χ4n) is 2.66. The number of hydrogen-bond acceptors (Lipinski definition) is 5. The first kappa shape index (κ1) is 11.3. The van der Waals surface area contributed by atoms with Crippen molar-refractivity contribution in [2.24, 2.45) is 11.0 Å². The maximum Gasteiger partial charge on any atom is 0.160 e. The smallest absolute Gasteiger partial charge is 0.160 e. The van der Waals surface area contributed by atoms with Gasteiger partial charge in [0.15, 0.2) is 11.5 Å². The Hall–Kier alpha value is -1.75. The Morgan fingerprint density at radius 2 is 2.33 bits per heavy atom. The Morgan fingerprint density at radius 3 is 3.17 bits per heavy atom. The first-order valence-electron chi connectivity index (χ1n) is 6.19. The van der Waals surface area contributed by atoms with Crippen molar-refractivity contribution >= 4 is 5.71 Å². The number of piperidine rings is 1. The van der Waals surface area contributed by atoms with Crippen molar-refractivity contribution in [2.45, 2.75) is 12.5 Å². The van der Waals surface area contributed by atoms with E-state index in [2.05, 4.69) is 15.8 Å². The van der Waals surface area contributed by atoms with E-state index in [-0.39, 0.29) is 11.8 Å². The number of phenolic OH excluding ortho intramolecular Hbond substituents is 1.